The Balaban J connectivity index is -0.000000405. The number of hydrogen-bond acceptors (Lipinski definition) is 6. The van der Waals surface area contributed by atoms with Gasteiger partial charge in [-0.3, -0.25) is 9.59 Å². The van der Waals surface area contributed by atoms with Gasteiger partial charge in [0.25, 0.3) is 0 Å². The zero-order chi connectivity index (χ0) is 13.7. The topological polar surface area (TPSA) is 86.7 Å². The fourth-order valence-electron chi connectivity index (χ4n) is 1.21. The van der Waals surface area contributed by atoms with Crippen LogP contribution in [-0.2, 0) is 19.1 Å². The molecule has 0 bridgehead atoms. The van der Waals surface area contributed by atoms with Gasteiger partial charge in [0, 0.05) is 13.8 Å². The molecule has 0 atom stereocenters. The average Bonchev–Trinajstić information content (AvgIpc) is 2.27. The van der Waals surface area contributed by atoms with E-state index in [-0.39, 0.29) is 73.1 Å². The number of carbonyl (C=O) groups is 4. The van der Waals surface area contributed by atoms with E-state index in [1.54, 1.807) is 0 Å². The summed E-state index contributed by atoms with van der Waals surface area (Å²) in [4.78, 5) is 44.4. The molecule has 1 aromatic rings. The van der Waals surface area contributed by atoms with Gasteiger partial charge in [-0.15, -0.1) is 0 Å². The fourth-order valence-corrected chi connectivity index (χ4v) is 1.21. The SMILES string of the molecule is CC(=O)OC(=O)c1ccccc1C(=O)OC(C)=O.[H-].[H-].[Na+].[Na+]. The summed E-state index contributed by atoms with van der Waals surface area (Å²) in [5, 5.41) is 0. The Labute approximate surface area is 162 Å². The third-order valence-corrected chi connectivity index (χ3v) is 1.84. The summed E-state index contributed by atoms with van der Waals surface area (Å²) >= 11 is 0. The number of carbonyl (C=O) groups excluding carboxylic acids is 4. The summed E-state index contributed by atoms with van der Waals surface area (Å²) in [6, 6.07) is 5.56. The van der Waals surface area contributed by atoms with Crippen molar-refractivity contribution in [1.82, 2.24) is 0 Å². The molecule has 0 N–H and O–H groups in total. The third-order valence-electron chi connectivity index (χ3n) is 1.84. The maximum absolute atomic E-state index is 11.5. The van der Waals surface area contributed by atoms with Gasteiger partial charge in [0.05, 0.1) is 11.1 Å². The zero-order valence-corrected chi connectivity index (χ0v) is 15.8. The molecule has 98 valence electrons. The van der Waals surface area contributed by atoms with E-state index < -0.39 is 23.9 Å². The van der Waals surface area contributed by atoms with Crippen LogP contribution in [0, 0.1) is 0 Å². The summed E-state index contributed by atoms with van der Waals surface area (Å²) in [6.07, 6.45) is 0. The molecular weight excluding hydrogens is 286 g/mol. The predicted molar refractivity (Wildman–Crippen MR) is 60.9 cm³/mol. The van der Waals surface area contributed by atoms with E-state index in [1.165, 1.54) is 24.3 Å². The molecule has 0 heterocycles. The maximum Gasteiger partial charge on any atom is 1.00 e. The van der Waals surface area contributed by atoms with E-state index in [2.05, 4.69) is 9.47 Å². The Morgan fingerprint density at radius 2 is 1.10 bits per heavy atom. The first-order valence-electron chi connectivity index (χ1n) is 4.96. The van der Waals surface area contributed by atoms with Crippen molar-refractivity contribution in [2.45, 2.75) is 13.8 Å². The van der Waals surface area contributed by atoms with E-state index in [0.717, 1.165) is 13.8 Å². The summed E-state index contributed by atoms with van der Waals surface area (Å²) in [5.74, 6) is -3.54. The molecule has 1 aromatic carbocycles. The van der Waals surface area contributed by atoms with E-state index >= 15 is 0 Å². The number of hydrogen-bond donors (Lipinski definition) is 0. The molecule has 1 rings (SSSR count). The van der Waals surface area contributed by atoms with Crippen molar-refractivity contribution < 1.29 is 90.6 Å². The van der Waals surface area contributed by atoms with Gasteiger partial charge < -0.3 is 12.3 Å². The van der Waals surface area contributed by atoms with Gasteiger partial charge in [-0.2, -0.15) is 0 Å². The fraction of sp³-hybridized carbons (Fsp3) is 0.167. The van der Waals surface area contributed by atoms with E-state index in [1.807, 2.05) is 0 Å². The second kappa shape index (κ2) is 10.3. The quantitative estimate of drug-likeness (QED) is 0.310. The van der Waals surface area contributed by atoms with Crippen LogP contribution in [0.3, 0.4) is 0 Å². The molecule has 0 amide bonds. The molecule has 0 aliphatic rings. The Kier molecular flexibility index (Phi) is 11.2. The normalized spacial score (nSPS) is 8.50. The number of ether oxygens (including phenoxy) is 2. The Hall–Kier alpha value is -0.500. The second-order valence-electron chi connectivity index (χ2n) is 3.31. The first-order valence-corrected chi connectivity index (χ1v) is 4.96. The van der Waals surface area contributed by atoms with Gasteiger partial charge in [0.2, 0.25) is 0 Å². The Bertz CT molecular complexity index is 489. The first kappa shape index (κ1) is 21.8. The largest absolute Gasteiger partial charge is 1.00 e. The maximum atomic E-state index is 11.5. The van der Waals surface area contributed by atoms with Gasteiger partial charge in [0.15, 0.2) is 0 Å². The third kappa shape index (κ3) is 6.78. The molecule has 0 aliphatic heterocycles. The first-order chi connectivity index (χ1) is 8.41. The van der Waals surface area contributed by atoms with Crippen LogP contribution >= 0.6 is 0 Å². The minimum absolute atomic E-state index is 0. The summed E-state index contributed by atoms with van der Waals surface area (Å²) in [6.45, 7) is 2.13. The van der Waals surface area contributed by atoms with Crippen molar-refractivity contribution in [2.24, 2.45) is 0 Å². The monoisotopic (exact) mass is 298 g/mol. The molecule has 0 radical (unpaired) electrons. The summed E-state index contributed by atoms with van der Waals surface area (Å²) in [7, 11) is 0. The summed E-state index contributed by atoms with van der Waals surface area (Å²) < 4.78 is 8.72. The van der Waals surface area contributed by atoms with Gasteiger partial charge in [-0.05, 0) is 12.1 Å². The van der Waals surface area contributed by atoms with Crippen molar-refractivity contribution in [3.05, 3.63) is 35.4 Å². The zero-order valence-electron chi connectivity index (χ0n) is 13.8. The van der Waals surface area contributed by atoms with Gasteiger partial charge in [-0.1, -0.05) is 12.1 Å². The standard InChI is InChI=1S/C12H10O6.2Na.2H/c1-7(13)17-11(15)9-5-3-4-6-10(9)12(16)18-8(2)14;;;;/h3-6H,1-2H3;;;;/q;2*+1;2*-1. The van der Waals surface area contributed by atoms with Crippen LogP contribution in [0.1, 0.15) is 37.4 Å². The molecule has 0 aliphatic carbocycles. The van der Waals surface area contributed by atoms with Crippen molar-refractivity contribution in [3.63, 3.8) is 0 Å². The van der Waals surface area contributed by atoms with E-state index in [4.69, 9.17) is 0 Å². The van der Waals surface area contributed by atoms with Crippen LogP contribution in [0.4, 0.5) is 0 Å². The van der Waals surface area contributed by atoms with Crippen LogP contribution in [0.25, 0.3) is 0 Å². The predicted octanol–water partition coefficient (Wildman–Crippen LogP) is -4.67. The van der Waals surface area contributed by atoms with Gasteiger partial charge in [0.1, 0.15) is 0 Å². The van der Waals surface area contributed by atoms with Crippen molar-refractivity contribution in [3.8, 4) is 0 Å². The second-order valence-corrected chi connectivity index (χ2v) is 3.31. The molecule has 8 heteroatoms. The smallest absolute Gasteiger partial charge is 1.00 e. The van der Waals surface area contributed by atoms with Crippen LogP contribution < -0.4 is 59.1 Å². The molecule has 0 saturated heterocycles. The minimum Gasteiger partial charge on any atom is -1.00 e. The molecule has 0 aromatic heterocycles. The number of benzene rings is 1. The van der Waals surface area contributed by atoms with Crippen LogP contribution in [0.5, 0.6) is 0 Å². The number of rotatable bonds is 2. The molecule has 0 spiro atoms. The molecule has 6 nitrogen and oxygen atoms in total. The summed E-state index contributed by atoms with van der Waals surface area (Å²) in [5.41, 5.74) is -0.280. The number of esters is 4. The van der Waals surface area contributed by atoms with E-state index in [0.29, 0.717) is 0 Å². The molecular formula is C12H12Na2O6. The van der Waals surface area contributed by atoms with Gasteiger partial charge in [-0.25, -0.2) is 9.59 Å². The average molecular weight is 298 g/mol. The van der Waals surface area contributed by atoms with E-state index in [9.17, 15) is 19.2 Å². The van der Waals surface area contributed by atoms with Crippen molar-refractivity contribution in [2.75, 3.05) is 0 Å². The van der Waals surface area contributed by atoms with Crippen LogP contribution in [0.15, 0.2) is 24.3 Å². The Morgan fingerprint density at radius 1 is 0.800 bits per heavy atom. The van der Waals surface area contributed by atoms with Crippen molar-refractivity contribution in [1.29, 1.82) is 0 Å². The molecule has 0 saturated carbocycles. The molecule has 20 heavy (non-hydrogen) atoms. The Morgan fingerprint density at radius 3 is 1.35 bits per heavy atom. The van der Waals surface area contributed by atoms with Crippen molar-refractivity contribution >= 4 is 23.9 Å². The minimum atomic E-state index is -0.974. The van der Waals surface area contributed by atoms with Gasteiger partial charge >= 0.3 is 83.0 Å². The van der Waals surface area contributed by atoms with Crippen LogP contribution in [0.2, 0.25) is 0 Å². The van der Waals surface area contributed by atoms with Crippen LogP contribution in [-0.4, -0.2) is 23.9 Å². The molecule has 0 unspecified atom stereocenters. The molecule has 0 fully saturated rings.